The lowest BCUT2D eigenvalue weighted by atomic mass is 9.98. The van der Waals surface area contributed by atoms with Crippen molar-refractivity contribution in [3.63, 3.8) is 0 Å². The van der Waals surface area contributed by atoms with E-state index in [1.54, 1.807) is 0 Å². The Bertz CT molecular complexity index is 1530. The number of hydrogen-bond donors (Lipinski definition) is 3. The number of carbonyl (C=O) groups excluding carboxylic acids is 3. The van der Waals surface area contributed by atoms with Crippen molar-refractivity contribution in [1.82, 2.24) is 0 Å². The number of aliphatic hydroxyl groups is 2. The molecule has 1 aliphatic heterocycles. The first-order chi connectivity index (χ1) is 40.6. The normalized spacial score (nSPS) is 17.6. The van der Waals surface area contributed by atoms with Crippen LogP contribution in [0.5, 0.6) is 0 Å². The zero-order chi connectivity index (χ0) is 60.3. The molecule has 0 radical (unpaired) electrons. The Labute approximate surface area is 508 Å². The molecule has 1 heterocycles. The number of ether oxygens (including phenoxy) is 5. The number of carbonyl (C=O) groups is 4. The summed E-state index contributed by atoms with van der Waals surface area (Å²) in [6, 6.07) is 0. The fourth-order valence-corrected chi connectivity index (χ4v) is 11.1. The zero-order valence-electron chi connectivity index (χ0n) is 54.0. The van der Waals surface area contributed by atoms with Crippen molar-refractivity contribution in [2.24, 2.45) is 0 Å². The highest BCUT2D eigenvalue weighted by molar-refractivity contribution is 5.74. The van der Waals surface area contributed by atoms with Gasteiger partial charge in [0.15, 0.2) is 24.6 Å². The molecule has 1 rings (SSSR count). The molecule has 0 bridgehead atoms. The van der Waals surface area contributed by atoms with E-state index < -0.39 is 67.3 Å². The SMILES string of the molecule is CCCCC/C=C\C/C=C\CCCCCCCCCC(=O)OC1C(OCC(COC(=O)CCCCCCCCCCCCCCCCCCCCC)OC(=O)CCCCCCCCCCCCCCCCCCC)OC(C(=O)O)C(O)C1O. The summed E-state index contributed by atoms with van der Waals surface area (Å²) in [5.74, 6) is -3.08. The van der Waals surface area contributed by atoms with Gasteiger partial charge in [-0.3, -0.25) is 14.4 Å². The monoisotopic (exact) mass is 1170 g/mol. The van der Waals surface area contributed by atoms with Crippen molar-refractivity contribution in [3.05, 3.63) is 24.3 Å². The van der Waals surface area contributed by atoms with Crippen LogP contribution in [-0.4, -0.2) is 89.2 Å². The van der Waals surface area contributed by atoms with Crippen molar-refractivity contribution < 1.29 is 58.2 Å². The summed E-state index contributed by atoms with van der Waals surface area (Å²) in [5.41, 5.74) is 0. The number of allylic oxidation sites excluding steroid dienone is 4. The molecule has 6 atom stereocenters. The number of unbranched alkanes of at least 4 members (excludes halogenated alkanes) is 44. The van der Waals surface area contributed by atoms with Gasteiger partial charge in [0.25, 0.3) is 0 Å². The molecule has 0 aliphatic carbocycles. The standard InChI is InChI=1S/C71H130O12/c1-4-7-10-13-16-19-22-25-28-31-32-35-36-39-42-45-48-51-54-57-63(72)79-60-62(81-64(73)58-55-52-49-46-43-40-37-33-29-26-23-20-17-14-11-8-5-2)61-80-71-69(67(76)66(75)68(83-71)70(77)78)82-65(74)59-56-53-50-47-44-41-38-34-30-27-24-21-18-15-12-9-6-3/h18,21,27,30,62,66-69,71,75-76H,4-17,19-20,22-26,28-29,31-61H2,1-3H3,(H,77,78)/b21-18-,30-27-. The van der Waals surface area contributed by atoms with Crippen molar-refractivity contribution in [2.75, 3.05) is 13.2 Å². The lowest BCUT2D eigenvalue weighted by Crippen LogP contribution is -2.61. The van der Waals surface area contributed by atoms with Gasteiger partial charge in [0.2, 0.25) is 0 Å². The number of carboxylic acids is 1. The Morgan fingerprint density at radius 3 is 1.11 bits per heavy atom. The number of esters is 3. The third-order valence-electron chi connectivity index (χ3n) is 16.5. The molecule has 0 amide bonds. The maximum atomic E-state index is 13.2. The molecule has 0 spiro atoms. The lowest BCUT2D eigenvalue weighted by Gasteiger charge is -2.40. The highest BCUT2D eigenvalue weighted by atomic mass is 16.7. The van der Waals surface area contributed by atoms with Gasteiger partial charge in [0.1, 0.15) is 18.8 Å². The van der Waals surface area contributed by atoms with Crippen LogP contribution in [0.3, 0.4) is 0 Å². The summed E-state index contributed by atoms with van der Waals surface area (Å²) in [5, 5.41) is 31.7. The number of carboxylic acid groups (broad SMARTS) is 1. The van der Waals surface area contributed by atoms with Crippen LogP contribution in [-0.2, 0) is 42.9 Å². The molecule has 1 aliphatic rings. The van der Waals surface area contributed by atoms with Crippen molar-refractivity contribution in [2.45, 2.75) is 391 Å². The van der Waals surface area contributed by atoms with Gasteiger partial charge in [0, 0.05) is 19.3 Å². The van der Waals surface area contributed by atoms with E-state index in [0.717, 1.165) is 89.9 Å². The van der Waals surface area contributed by atoms with Crippen LogP contribution in [0.1, 0.15) is 355 Å². The molecule has 0 saturated carbocycles. The molecule has 0 aromatic carbocycles. The quantitative estimate of drug-likeness (QED) is 0.0228. The molecule has 0 aromatic rings. The third-order valence-corrected chi connectivity index (χ3v) is 16.5. The van der Waals surface area contributed by atoms with Gasteiger partial charge < -0.3 is 39.0 Å². The zero-order valence-corrected chi connectivity index (χ0v) is 54.0. The molecule has 486 valence electrons. The number of aliphatic carboxylic acids is 1. The molecule has 1 fully saturated rings. The average Bonchev–Trinajstić information content (AvgIpc) is 3.55. The summed E-state index contributed by atoms with van der Waals surface area (Å²) in [6.07, 6.45) is 58.4. The third kappa shape index (κ3) is 48.9. The molecular formula is C71H130O12. The highest BCUT2D eigenvalue weighted by Gasteiger charge is 2.50. The van der Waals surface area contributed by atoms with E-state index in [0.29, 0.717) is 19.3 Å². The van der Waals surface area contributed by atoms with Gasteiger partial charge in [-0.05, 0) is 51.4 Å². The van der Waals surface area contributed by atoms with E-state index in [9.17, 15) is 34.5 Å². The lowest BCUT2D eigenvalue weighted by molar-refractivity contribution is -0.301. The molecule has 12 heteroatoms. The summed E-state index contributed by atoms with van der Waals surface area (Å²) < 4.78 is 28.6. The van der Waals surface area contributed by atoms with Gasteiger partial charge in [0.05, 0.1) is 6.61 Å². The topological polar surface area (TPSA) is 175 Å². The minimum absolute atomic E-state index is 0.0569. The second-order valence-corrected chi connectivity index (χ2v) is 24.5. The van der Waals surface area contributed by atoms with E-state index in [1.807, 2.05) is 0 Å². The van der Waals surface area contributed by atoms with Crippen molar-refractivity contribution >= 4 is 23.9 Å². The Morgan fingerprint density at radius 2 is 0.723 bits per heavy atom. The van der Waals surface area contributed by atoms with Crippen LogP contribution in [0.2, 0.25) is 0 Å². The first kappa shape index (κ1) is 78.2. The van der Waals surface area contributed by atoms with E-state index in [-0.39, 0.29) is 25.9 Å². The molecule has 3 N–H and O–H groups in total. The maximum Gasteiger partial charge on any atom is 0.335 e. The van der Waals surface area contributed by atoms with Crippen LogP contribution in [0.15, 0.2) is 24.3 Å². The van der Waals surface area contributed by atoms with Crippen LogP contribution >= 0.6 is 0 Å². The number of hydrogen-bond acceptors (Lipinski definition) is 11. The summed E-state index contributed by atoms with van der Waals surface area (Å²) in [7, 11) is 0. The van der Waals surface area contributed by atoms with Crippen LogP contribution < -0.4 is 0 Å². The van der Waals surface area contributed by atoms with Crippen LogP contribution in [0.25, 0.3) is 0 Å². The van der Waals surface area contributed by atoms with Gasteiger partial charge in [-0.15, -0.1) is 0 Å². The Morgan fingerprint density at radius 1 is 0.398 bits per heavy atom. The summed E-state index contributed by atoms with van der Waals surface area (Å²) in [6.45, 7) is 6.05. The minimum atomic E-state index is -1.90. The largest absolute Gasteiger partial charge is 0.479 e. The highest BCUT2D eigenvalue weighted by Crippen LogP contribution is 2.27. The first-order valence-electron chi connectivity index (χ1n) is 35.3. The van der Waals surface area contributed by atoms with Gasteiger partial charge in [-0.1, -0.05) is 308 Å². The van der Waals surface area contributed by atoms with E-state index >= 15 is 0 Å². The van der Waals surface area contributed by atoms with Crippen molar-refractivity contribution in [3.8, 4) is 0 Å². The second kappa shape index (κ2) is 59.5. The fraction of sp³-hybridized carbons (Fsp3) is 0.887. The second-order valence-electron chi connectivity index (χ2n) is 24.5. The smallest absolute Gasteiger partial charge is 0.335 e. The average molecular weight is 1180 g/mol. The number of rotatable bonds is 62. The maximum absolute atomic E-state index is 13.2. The molecule has 0 aromatic heterocycles. The molecule has 6 unspecified atom stereocenters. The van der Waals surface area contributed by atoms with Gasteiger partial charge >= 0.3 is 23.9 Å². The predicted octanol–water partition coefficient (Wildman–Crippen LogP) is 19.4. The van der Waals surface area contributed by atoms with Crippen LogP contribution in [0, 0.1) is 0 Å². The summed E-state index contributed by atoms with van der Waals surface area (Å²) in [4.78, 5) is 51.5. The Hall–Kier alpha value is -2.80. The van der Waals surface area contributed by atoms with Gasteiger partial charge in [-0.25, -0.2) is 4.79 Å². The van der Waals surface area contributed by atoms with Gasteiger partial charge in [-0.2, -0.15) is 0 Å². The predicted molar refractivity (Wildman–Crippen MR) is 340 cm³/mol. The fourth-order valence-electron chi connectivity index (χ4n) is 11.1. The van der Waals surface area contributed by atoms with E-state index in [1.165, 1.54) is 205 Å². The van der Waals surface area contributed by atoms with E-state index in [2.05, 4.69) is 45.1 Å². The molecule has 12 nitrogen and oxygen atoms in total. The molecular weight excluding hydrogens is 1040 g/mol. The van der Waals surface area contributed by atoms with Crippen molar-refractivity contribution in [1.29, 1.82) is 0 Å². The summed E-state index contributed by atoms with van der Waals surface area (Å²) >= 11 is 0. The number of aliphatic hydroxyl groups excluding tert-OH is 2. The molecule has 1 saturated heterocycles. The molecule has 83 heavy (non-hydrogen) atoms. The van der Waals surface area contributed by atoms with E-state index in [4.69, 9.17) is 23.7 Å². The first-order valence-corrected chi connectivity index (χ1v) is 35.3. The minimum Gasteiger partial charge on any atom is -0.479 e. The Balaban J connectivity index is 2.61. The van der Waals surface area contributed by atoms with Crippen LogP contribution in [0.4, 0.5) is 0 Å². The Kier molecular flexibility index (Phi) is 56.1.